The lowest BCUT2D eigenvalue weighted by molar-refractivity contribution is -0.143. The Labute approximate surface area is 168 Å². The van der Waals surface area contributed by atoms with Crippen molar-refractivity contribution in [3.8, 4) is 0 Å². The first kappa shape index (κ1) is 22.3. The molecule has 1 aromatic carbocycles. The lowest BCUT2D eigenvalue weighted by Gasteiger charge is -2.23. The van der Waals surface area contributed by atoms with Crippen molar-refractivity contribution in [1.82, 2.24) is 14.9 Å². The van der Waals surface area contributed by atoms with Crippen LogP contribution in [0.1, 0.15) is 37.6 Å². The molecule has 0 fully saturated rings. The average molecular weight is 425 g/mol. The number of hydrogen-bond acceptors (Lipinski definition) is 6. The molecule has 0 spiro atoms. The molecule has 3 atom stereocenters. The number of nitrogens with zero attached hydrogens (tertiary/aromatic N) is 1. The van der Waals surface area contributed by atoms with Crippen molar-refractivity contribution in [2.75, 3.05) is 6.54 Å². The zero-order chi connectivity index (χ0) is 21.9. The number of aliphatic carboxylic acids is 1. The Morgan fingerprint density at radius 2 is 1.76 bits per heavy atom. The number of nitrogens with one attached hydrogen (secondary N) is 2. The second-order valence-electron chi connectivity index (χ2n) is 6.81. The first-order chi connectivity index (χ1) is 13.5. The van der Waals surface area contributed by atoms with Crippen molar-refractivity contribution in [3.63, 3.8) is 0 Å². The Morgan fingerprint density at radius 3 is 2.31 bits per heavy atom. The maximum absolute atomic E-state index is 12.5. The predicted octanol–water partition coefficient (Wildman–Crippen LogP) is -0.0487. The third-order valence-corrected chi connectivity index (χ3v) is 6.53. The van der Waals surface area contributed by atoms with Gasteiger partial charge in [-0.3, -0.25) is 14.4 Å². The summed E-state index contributed by atoms with van der Waals surface area (Å²) in [7, 11) is -4.15. The van der Waals surface area contributed by atoms with Crippen LogP contribution in [0.3, 0.4) is 0 Å². The van der Waals surface area contributed by atoms with Crippen LogP contribution in [0.25, 0.3) is 0 Å². The van der Waals surface area contributed by atoms with Gasteiger partial charge in [0.05, 0.1) is 5.56 Å². The number of carbonyl (C=O) groups is 4. The van der Waals surface area contributed by atoms with Crippen LogP contribution < -0.4 is 10.6 Å². The van der Waals surface area contributed by atoms with Gasteiger partial charge in [0.2, 0.25) is 11.8 Å². The summed E-state index contributed by atoms with van der Waals surface area (Å²) >= 11 is 0. The molecule has 1 aliphatic heterocycles. The molecule has 3 N–H and O–H groups in total. The molecule has 1 heterocycles. The number of carboxylic acids is 1. The molecule has 0 aromatic heterocycles. The summed E-state index contributed by atoms with van der Waals surface area (Å²) < 4.78 is 25.4. The Bertz CT molecular complexity index is 945. The van der Waals surface area contributed by atoms with E-state index in [1.807, 2.05) is 0 Å². The first-order valence-corrected chi connectivity index (χ1v) is 10.4. The summed E-state index contributed by atoms with van der Waals surface area (Å²) in [5.74, 6) is -3.95. The smallest absolute Gasteiger partial charge is 0.326 e. The fourth-order valence-corrected chi connectivity index (χ4v) is 4.36. The van der Waals surface area contributed by atoms with Crippen LogP contribution in [0.5, 0.6) is 0 Å². The van der Waals surface area contributed by atoms with E-state index in [9.17, 15) is 32.7 Å². The van der Waals surface area contributed by atoms with Crippen molar-refractivity contribution < 1.29 is 32.7 Å². The van der Waals surface area contributed by atoms with E-state index in [-0.39, 0.29) is 16.4 Å². The normalized spacial score (nSPS) is 17.8. The van der Waals surface area contributed by atoms with Crippen molar-refractivity contribution in [2.24, 2.45) is 5.92 Å². The summed E-state index contributed by atoms with van der Waals surface area (Å²) in [5.41, 5.74) is -0.0241. The van der Waals surface area contributed by atoms with Crippen LogP contribution in [-0.2, 0) is 24.4 Å². The molecule has 0 radical (unpaired) electrons. The van der Waals surface area contributed by atoms with Gasteiger partial charge in [0.25, 0.3) is 15.9 Å². The van der Waals surface area contributed by atoms with E-state index in [1.54, 1.807) is 13.8 Å². The highest BCUT2D eigenvalue weighted by Crippen LogP contribution is 2.29. The highest BCUT2D eigenvalue weighted by Gasteiger charge is 2.42. The van der Waals surface area contributed by atoms with Gasteiger partial charge >= 0.3 is 5.97 Å². The molecule has 0 saturated carbocycles. The van der Waals surface area contributed by atoms with Gasteiger partial charge in [0.1, 0.15) is 23.5 Å². The Hall–Kier alpha value is -2.95. The van der Waals surface area contributed by atoms with E-state index >= 15 is 0 Å². The molecule has 29 heavy (non-hydrogen) atoms. The topological polar surface area (TPSA) is 150 Å². The van der Waals surface area contributed by atoms with Gasteiger partial charge in [-0.25, -0.2) is 17.5 Å². The quantitative estimate of drug-likeness (QED) is 0.528. The van der Waals surface area contributed by atoms with Gasteiger partial charge in [-0.15, -0.1) is 0 Å². The van der Waals surface area contributed by atoms with Gasteiger partial charge in [0, 0.05) is 0 Å². The van der Waals surface area contributed by atoms with E-state index in [0.29, 0.717) is 10.7 Å². The molecule has 1 aromatic rings. The van der Waals surface area contributed by atoms with Gasteiger partial charge in [-0.1, -0.05) is 32.4 Å². The van der Waals surface area contributed by atoms with Crippen LogP contribution >= 0.6 is 0 Å². The molecule has 0 saturated heterocycles. The van der Waals surface area contributed by atoms with Crippen molar-refractivity contribution in [1.29, 1.82) is 0 Å². The number of sulfonamides is 1. The van der Waals surface area contributed by atoms with E-state index in [4.69, 9.17) is 0 Å². The summed E-state index contributed by atoms with van der Waals surface area (Å²) in [6, 6.07) is 3.36. The van der Waals surface area contributed by atoms with Crippen LogP contribution in [0.15, 0.2) is 29.2 Å². The molecule has 1 aliphatic rings. The number of carboxylic acid groups (broad SMARTS) is 1. The van der Waals surface area contributed by atoms with Crippen LogP contribution in [0.4, 0.5) is 0 Å². The van der Waals surface area contributed by atoms with Crippen LogP contribution in [0, 0.1) is 5.92 Å². The SMILES string of the molecule is CCC(C)C(NC(=O)C(C)NC(=O)CN1C(=O)c2ccccc2S1(=O)=O)C(=O)O. The molecule has 3 amide bonds. The predicted molar refractivity (Wildman–Crippen MR) is 101 cm³/mol. The molecular formula is C18H23N3O7S. The number of rotatable bonds is 8. The molecular weight excluding hydrogens is 402 g/mol. The minimum Gasteiger partial charge on any atom is -0.480 e. The fraction of sp³-hybridized carbons (Fsp3) is 0.444. The largest absolute Gasteiger partial charge is 0.480 e. The molecule has 0 bridgehead atoms. The van der Waals surface area contributed by atoms with Gasteiger partial charge in [0.15, 0.2) is 0 Å². The summed E-state index contributed by atoms with van der Waals surface area (Å²) in [6.45, 7) is 3.99. The Morgan fingerprint density at radius 1 is 1.14 bits per heavy atom. The number of hydrogen-bond donors (Lipinski definition) is 3. The standard InChI is InChI=1S/C18H23N3O7S/c1-4-10(2)15(18(25)26)20-16(23)11(3)19-14(22)9-21-17(24)12-7-5-6-8-13(12)29(21,27)28/h5-8,10-11,15H,4,9H2,1-3H3,(H,19,22)(H,20,23)(H,25,26). The molecule has 158 valence electrons. The van der Waals surface area contributed by atoms with Crippen LogP contribution in [0.2, 0.25) is 0 Å². The minimum absolute atomic E-state index is 0.0241. The second kappa shape index (κ2) is 8.60. The molecule has 3 unspecified atom stereocenters. The van der Waals surface area contributed by atoms with E-state index in [2.05, 4.69) is 10.6 Å². The summed E-state index contributed by atoms with van der Waals surface area (Å²) in [6.07, 6.45) is 0.521. The van der Waals surface area contributed by atoms with E-state index in [1.165, 1.54) is 31.2 Å². The third-order valence-electron chi connectivity index (χ3n) is 4.75. The third kappa shape index (κ3) is 4.56. The fourth-order valence-electron chi connectivity index (χ4n) is 2.83. The minimum atomic E-state index is -4.15. The maximum Gasteiger partial charge on any atom is 0.326 e. The van der Waals surface area contributed by atoms with E-state index < -0.39 is 52.3 Å². The van der Waals surface area contributed by atoms with Crippen LogP contribution in [-0.4, -0.2) is 60.1 Å². The number of fused-ring (bicyclic) bond motifs is 1. The number of amides is 3. The second-order valence-corrected chi connectivity index (χ2v) is 8.64. The average Bonchev–Trinajstić information content (AvgIpc) is 2.86. The molecule has 2 rings (SSSR count). The first-order valence-electron chi connectivity index (χ1n) is 8.99. The van der Waals surface area contributed by atoms with Gasteiger partial charge in [-0.05, 0) is 25.0 Å². The van der Waals surface area contributed by atoms with Crippen molar-refractivity contribution in [3.05, 3.63) is 29.8 Å². The van der Waals surface area contributed by atoms with Gasteiger partial charge in [-0.2, -0.15) is 0 Å². The zero-order valence-electron chi connectivity index (χ0n) is 16.2. The lowest BCUT2D eigenvalue weighted by atomic mass is 9.99. The van der Waals surface area contributed by atoms with E-state index in [0.717, 1.165) is 0 Å². The monoisotopic (exact) mass is 425 g/mol. The number of carbonyl (C=O) groups excluding carboxylic acids is 3. The summed E-state index contributed by atoms with van der Waals surface area (Å²) in [5, 5.41) is 13.9. The molecule has 0 aliphatic carbocycles. The van der Waals surface area contributed by atoms with Crippen molar-refractivity contribution in [2.45, 2.75) is 44.2 Å². The maximum atomic E-state index is 12.5. The highest BCUT2D eigenvalue weighted by molar-refractivity contribution is 7.90. The Kier molecular flexibility index (Phi) is 6.62. The zero-order valence-corrected chi connectivity index (χ0v) is 17.0. The van der Waals surface area contributed by atoms with Crippen molar-refractivity contribution >= 4 is 33.7 Å². The lowest BCUT2D eigenvalue weighted by Crippen LogP contribution is -2.53. The summed E-state index contributed by atoms with van der Waals surface area (Å²) in [4.78, 5) is 47.9. The van der Waals surface area contributed by atoms with Gasteiger partial charge < -0.3 is 15.7 Å². The number of benzene rings is 1. The molecule has 11 heteroatoms. The molecule has 10 nitrogen and oxygen atoms in total. The highest BCUT2D eigenvalue weighted by atomic mass is 32.2. The Balaban J connectivity index is 2.03.